The van der Waals surface area contributed by atoms with E-state index in [0.717, 1.165) is 37.2 Å². The van der Waals surface area contributed by atoms with Crippen molar-refractivity contribution in [1.29, 1.82) is 0 Å². The number of nitrogens with zero attached hydrogens (tertiary/aromatic N) is 2. The van der Waals surface area contributed by atoms with Gasteiger partial charge in [0.2, 0.25) is 5.91 Å². The molecule has 0 bridgehead atoms. The summed E-state index contributed by atoms with van der Waals surface area (Å²) < 4.78 is 0. The fraction of sp³-hybridized carbons (Fsp3) is 0.417. The fourth-order valence-corrected chi connectivity index (χ4v) is 3.77. The van der Waals surface area contributed by atoms with E-state index < -0.39 is 0 Å². The third kappa shape index (κ3) is 6.24. The van der Waals surface area contributed by atoms with Crippen LogP contribution in [-0.4, -0.2) is 43.0 Å². The van der Waals surface area contributed by atoms with E-state index in [-0.39, 0.29) is 11.9 Å². The molecule has 2 aromatic carbocycles. The van der Waals surface area contributed by atoms with E-state index in [1.807, 2.05) is 23.1 Å². The summed E-state index contributed by atoms with van der Waals surface area (Å²) >= 11 is 0. The predicted octanol–water partition coefficient (Wildman–Crippen LogP) is 3.44. The van der Waals surface area contributed by atoms with Crippen LogP contribution in [0.3, 0.4) is 0 Å². The molecule has 1 saturated heterocycles. The van der Waals surface area contributed by atoms with Gasteiger partial charge in [-0.3, -0.25) is 4.79 Å². The summed E-state index contributed by atoms with van der Waals surface area (Å²) in [5, 5.41) is 5.86. The Kier molecular flexibility index (Phi) is 7.71. The zero-order valence-electron chi connectivity index (χ0n) is 18.0. The highest BCUT2D eigenvalue weighted by Crippen LogP contribution is 2.16. The quantitative estimate of drug-likeness (QED) is 0.668. The van der Waals surface area contributed by atoms with Crippen LogP contribution < -0.4 is 15.5 Å². The number of hydrogen-bond donors (Lipinski definition) is 2. The standard InChI is InChI=1S/C24H32N4O2/c1-3-27(22-10-4-7-19(2)15-22)14-12-25-24(30)26-17-20-8-5-9-21(16-20)18-28-13-6-11-23(28)29/h4-5,7-10,15-16H,3,6,11-14,17-18H2,1-2H3,(H2,25,26,30). The maximum absolute atomic E-state index is 12.2. The lowest BCUT2D eigenvalue weighted by Crippen LogP contribution is -2.40. The third-order valence-corrected chi connectivity index (χ3v) is 5.41. The molecule has 6 nitrogen and oxygen atoms in total. The van der Waals surface area contributed by atoms with Crippen LogP contribution in [0.2, 0.25) is 0 Å². The van der Waals surface area contributed by atoms with Crippen molar-refractivity contribution in [3.05, 3.63) is 65.2 Å². The van der Waals surface area contributed by atoms with Gasteiger partial charge >= 0.3 is 6.03 Å². The van der Waals surface area contributed by atoms with E-state index in [1.54, 1.807) is 0 Å². The minimum Gasteiger partial charge on any atom is -0.370 e. The summed E-state index contributed by atoms with van der Waals surface area (Å²) in [6.45, 7) is 8.36. The molecule has 3 rings (SSSR count). The van der Waals surface area contributed by atoms with Crippen molar-refractivity contribution in [1.82, 2.24) is 15.5 Å². The molecule has 160 valence electrons. The number of urea groups is 1. The van der Waals surface area contributed by atoms with Crippen molar-refractivity contribution in [2.24, 2.45) is 0 Å². The van der Waals surface area contributed by atoms with Gasteiger partial charge in [0.1, 0.15) is 0 Å². The van der Waals surface area contributed by atoms with Crippen LogP contribution in [0.1, 0.15) is 36.5 Å². The van der Waals surface area contributed by atoms with Gasteiger partial charge in [-0.2, -0.15) is 0 Å². The third-order valence-electron chi connectivity index (χ3n) is 5.41. The first kappa shape index (κ1) is 21.7. The van der Waals surface area contributed by atoms with Gasteiger partial charge < -0.3 is 20.4 Å². The molecule has 2 N–H and O–H groups in total. The minimum absolute atomic E-state index is 0.171. The number of benzene rings is 2. The summed E-state index contributed by atoms with van der Waals surface area (Å²) in [6, 6.07) is 16.3. The summed E-state index contributed by atoms with van der Waals surface area (Å²) in [6.07, 6.45) is 1.60. The molecule has 0 aromatic heterocycles. The first-order valence-electron chi connectivity index (χ1n) is 10.7. The topological polar surface area (TPSA) is 64.7 Å². The lowest BCUT2D eigenvalue weighted by atomic mass is 10.1. The zero-order chi connectivity index (χ0) is 21.3. The van der Waals surface area contributed by atoms with Gasteiger partial charge in [0, 0.05) is 51.4 Å². The Morgan fingerprint density at radius 2 is 1.90 bits per heavy atom. The molecule has 2 aromatic rings. The average molecular weight is 409 g/mol. The molecule has 6 heteroatoms. The number of likely N-dealkylation sites (tertiary alicyclic amines) is 1. The van der Waals surface area contributed by atoms with E-state index in [1.165, 1.54) is 11.3 Å². The van der Waals surface area contributed by atoms with Crippen molar-refractivity contribution in [2.45, 2.75) is 39.8 Å². The molecular formula is C24H32N4O2. The van der Waals surface area contributed by atoms with Gasteiger partial charge in [-0.05, 0) is 49.1 Å². The molecule has 1 aliphatic rings. The van der Waals surface area contributed by atoms with Crippen molar-refractivity contribution in [3.63, 3.8) is 0 Å². The summed E-state index contributed by atoms with van der Waals surface area (Å²) in [5.41, 5.74) is 4.53. The molecule has 1 aliphatic heterocycles. The number of aryl methyl sites for hydroxylation is 1. The molecule has 30 heavy (non-hydrogen) atoms. The Bertz CT molecular complexity index is 868. The summed E-state index contributed by atoms with van der Waals surface area (Å²) in [5.74, 6) is 0.227. The number of carbonyl (C=O) groups excluding carboxylic acids is 2. The van der Waals surface area contributed by atoms with Gasteiger partial charge in [-0.15, -0.1) is 0 Å². The SMILES string of the molecule is CCN(CCNC(=O)NCc1cccc(CN2CCCC2=O)c1)c1cccc(C)c1. The number of nitrogens with one attached hydrogen (secondary N) is 2. The highest BCUT2D eigenvalue weighted by molar-refractivity contribution is 5.78. The monoisotopic (exact) mass is 408 g/mol. The van der Waals surface area contributed by atoms with Crippen LogP contribution in [0.4, 0.5) is 10.5 Å². The number of likely N-dealkylation sites (N-methyl/N-ethyl adjacent to an activating group) is 1. The highest BCUT2D eigenvalue weighted by atomic mass is 16.2. The van der Waals surface area contributed by atoms with Crippen LogP contribution in [0, 0.1) is 6.92 Å². The molecule has 1 heterocycles. The van der Waals surface area contributed by atoms with Gasteiger partial charge in [0.05, 0.1) is 0 Å². The maximum atomic E-state index is 12.2. The molecule has 3 amide bonds. The van der Waals surface area contributed by atoms with Gasteiger partial charge in [-0.1, -0.05) is 36.4 Å². The maximum Gasteiger partial charge on any atom is 0.315 e. The van der Waals surface area contributed by atoms with E-state index >= 15 is 0 Å². The normalized spacial score (nSPS) is 13.4. The van der Waals surface area contributed by atoms with Crippen molar-refractivity contribution in [2.75, 3.05) is 31.1 Å². The van der Waals surface area contributed by atoms with Gasteiger partial charge in [0.25, 0.3) is 0 Å². The van der Waals surface area contributed by atoms with Crippen molar-refractivity contribution in [3.8, 4) is 0 Å². The van der Waals surface area contributed by atoms with Gasteiger partial charge in [-0.25, -0.2) is 4.79 Å². The predicted molar refractivity (Wildman–Crippen MR) is 120 cm³/mol. The molecule has 1 fully saturated rings. The second kappa shape index (κ2) is 10.7. The van der Waals surface area contributed by atoms with E-state index in [0.29, 0.717) is 26.1 Å². The second-order valence-electron chi connectivity index (χ2n) is 7.77. The van der Waals surface area contributed by atoms with Crippen LogP contribution >= 0.6 is 0 Å². The Morgan fingerprint density at radius 3 is 2.63 bits per heavy atom. The smallest absolute Gasteiger partial charge is 0.315 e. The first-order chi connectivity index (χ1) is 14.5. The van der Waals surface area contributed by atoms with Crippen molar-refractivity contribution < 1.29 is 9.59 Å². The Hall–Kier alpha value is -3.02. The molecule has 0 atom stereocenters. The minimum atomic E-state index is -0.171. The molecule has 0 unspecified atom stereocenters. The largest absolute Gasteiger partial charge is 0.370 e. The zero-order valence-corrected chi connectivity index (χ0v) is 18.0. The van der Waals surface area contributed by atoms with E-state index in [4.69, 9.17) is 0 Å². The Morgan fingerprint density at radius 1 is 1.10 bits per heavy atom. The van der Waals surface area contributed by atoms with E-state index in [9.17, 15) is 9.59 Å². The number of hydrogen-bond acceptors (Lipinski definition) is 3. The summed E-state index contributed by atoms with van der Waals surface area (Å²) in [7, 11) is 0. The number of amides is 3. The lowest BCUT2D eigenvalue weighted by molar-refractivity contribution is -0.128. The van der Waals surface area contributed by atoms with Crippen molar-refractivity contribution >= 4 is 17.6 Å². The molecular weight excluding hydrogens is 376 g/mol. The lowest BCUT2D eigenvalue weighted by Gasteiger charge is -2.23. The number of anilines is 1. The number of rotatable bonds is 9. The van der Waals surface area contributed by atoms with Crippen LogP contribution in [0.5, 0.6) is 0 Å². The Balaban J connectivity index is 1.42. The molecule has 0 aliphatic carbocycles. The second-order valence-corrected chi connectivity index (χ2v) is 7.77. The van der Waals surface area contributed by atoms with Crippen LogP contribution in [0.15, 0.2) is 48.5 Å². The van der Waals surface area contributed by atoms with Crippen LogP contribution in [-0.2, 0) is 17.9 Å². The molecule has 0 spiro atoms. The van der Waals surface area contributed by atoms with Crippen LogP contribution in [0.25, 0.3) is 0 Å². The average Bonchev–Trinajstić information content (AvgIpc) is 3.14. The number of carbonyl (C=O) groups is 2. The highest BCUT2D eigenvalue weighted by Gasteiger charge is 2.19. The first-order valence-corrected chi connectivity index (χ1v) is 10.7. The van der Waals surface area contributed by atoms with E-state index in [2.05, 4.69) is 59.7 Å². The molecule has 0 radical (unpaired) electrons. The fourth-order valence-electron chi connectivity index (χ4n) is 3.77. The molecule has 0 saturated carbocycles. The summed E-state index contributed by atoms with van der Waals surface area (Å²) in [4.78, 5) is 28.1. The Labute approximate surface area is 179 Å². The van der Waals surface area contributed by atoms with Gasteiger partial charge in [0.15, 0.2) is 0 Å².